The zero-order valence-corrected chi connectivity index (χ0v) is 16.7. The molecule has 0 aromatic heterocycles. The van der Waals surface area contributed by atoms with Gasteiger partial charge in [-0.3, -0.25) is 4.79 Å². The highest BCUT2D eigenvalue weighted by molar-refractivity contribution is 7.90. The molecule has 0 spiro atoms. The zero-order valence-electron chi connectivity index (χ0n) is 15.9. The molecule has 1 saturated heterocycles. The van der Waals surface area contributed by atoms with Gasteiger partial charge in [0.2, 0.25) is 5.91 Å². The lowest BCUT2D eigenvalue weighted by Crippen LogP contribution is -2.50. The van der Waals surface area contributed by atoms with Crippen LogP contribution in [0.1, 0.15) is 69.9 Å². The number of piperidine rings is 1. The lowest BCUT2D eigenvalue weighted by atomic mass is 9.92. The summed E-state index contributed by atoms with van der Waals surface area (Å²) in [6.45, 7) is 7.43. The first-order chi connectivity index (χ1) is 12.5. The Morgan fingerprint density at radius 1 is 1.19 bits per heavy atom. The normalized spacial score (nSPS) is 17.7. The number of nitrogens with one attached hydrogen (secondary N) is 3. The van der Waals surface area contributed by atoms with E-state index in [9.17, 15) is 22.4 Å². The minimum atomic E-state index is -4.08. The van der Waals surface area contributed by atoms with Gasteiger partial charge in [-0.15, -0.1) is 0 Å². The minimum absolute atomic E-state index is 0.0808. The third-order valence-corrected chi connectivity index (χ3v) is 6.02. The number of urea groups is 1. The topological polar surface area (TPSA) is 104 Å². The number of benzene rings is 1. The first kappa shape index (κ1) is 21.1. The van der Waals surface area contributed by atoms with Crippen LogP contribution in [0.5, 0.6) is 0 Å². The smallest absolute Gasteiger partial charge is 0.332 e. The van der Waals surface area contributed by atoms with Crippen molar-refractivity contribution >= 4 is 27.6 Å². The number of rotatable bonds is 5. The van der Waals surface area contributed by atoms with E-state index < -0.39 is 27.2 Å². The van der Waals surface area contributed by atoms with Crippen LogP contribution in [0.3, 0.4) is 0 Å². The van der Waals surface area contributed by atoms with Crippen LogP contribution in [-0.2, 0) is 14.8 Å². The van der Waals surface area contributed by atoms with Crippen molar-refractivity contribution in [3.8, 4) is 0 Å². The van der Waals surface area contributed by atoms with Crippen molar-refractivity contribution in [1.82, 2.24) is 10.0 Å². The highest BCUT2D eigenvalue weighted by Gasteiger charge is 2.31. The fraction of sp³-hybridized carbons (Fsp3) is 0.556. The van der Waals surface area contributed by atoms with Crippen LogP contribution in [0.2, 0.25) is 0 Å². The van der Waals surface area contributed by atoms with Crippen molar-refractivity contribution in [3.63, 3.8) is 0 Å². The van der Waals surface area contributed by atoms with E-state index >= 15 is 0 Å². The summed E-state index contributed by atoms with van der Waals surface area (Å²) >= 11 is 0. The fourth-order valence-electron chi connectivity index (χ4n) is 3.05. The lowest BCUT2D eigenvalue weighted by molar-refractivity contribution is -0.122. The van der Waals surface area contributed by atoms with Gasteiger partial charge in [0.25, 0.3) is 10.0 Å². The van der Waals surface area contributed by atoms with Gasteiger partial charge in [0, 0.05) is 12.1 Å². The van der Waals surface area contributed by atoms with Crippen molar-refractivity contribution in [2.24, 2.45) is 0 Å². The number of hydrogen-bond donors (Lipinski definition) is 3. The predicted molar refractivity (Wildman–Crippen MR) is 101 cm³/mol. The highest BCUT2D eigenvalue weighted by Crippen LogP contribution is 2.33. The average Bonchev–Trinajstić information content (AvgIpc) is 2.55. The molecule has 1 atom stereocenters. The molecule has 7 nitrogen and oxygen atoms in total. The molecule has 9 heteroatoms. The quantitative estimate of drug-likeness (QED) is 0.707. The Bertz CT molecular complexity index is 808. The van der Waals surface area contributed by atoms with Crippen molar-refractivity contribution in [2.45, 2.75) is 64.2 Å². The van der Waals surface area contributed by atoms with E-state index in [4.69, 9.17) is 0 Å². The van der Waals surface area contributed by atoms with Gasteiger partial charge < -0.3 is 10.6 Å². The van der Waals surface area contributed by atoms with Crippen LogP contribution in [-0.4, -0.2) is 25.7 Å². The van der Waals surface area contributed by atoms with Crippen molar-refractivity contribution in [2.75, 3.05) is 5.32 Å². The van der Waals surface area contributed by atoms with E-state index in [1.807, 2.05) is 32.4 Å². The van der Waals surface area contributed by atoms with Gasteiger partial charge >= 0.3 is 6.03 Å². The van der Waals surface area contributed by atoms with Gasteiger partial charge in [0.1, 0.15) is 5.82 Å². The number of amides is 3. The Hall–Kier alpha value is -2.16. The number of anilines is 1. The molecular weight excluding hydrogens is 373 g/mol. The molecule has 2 rings (SSSR count). The van der Waals surface area contributed by atoms with E-state index in [1.165, 1.54) is 12.1 Å². The Morgan fingerprint density at radius 2 is 1.74 bits per heavy atom. The SMILES string of the molecule is CC(C)c1cc(F)cc(C(C)C)c1NC(=O)NS(=O)(=O)C1CCCC(=O)N1. The average molecular weight is 399 g/mol. The summed E-state index contributed by atoms with van der Waals surface area (Å²) in [6.07, 6.45) is 0.939. The number of sulfonamides is 1. The number of carbonyl (C=O) groups is 2. The van der Waals surface area contributed by atoms with Gasteiger partial charge in [0.05, 0.1) is 0 Å². The highest BCUT2D eigenvalue weighted by atomic mass is 32.2. The fourth-order valence-corrected chi connectivity index (χ4v) is 4.26. The monoisotopic (exact) mass is 399 g/mol. The molecule has 1 aromatic carbocycles. The molecule has 1 aliphatic rings. The van der Waals surface area contributed by atoms with Gasteiger partial charge in [-0.2, -0.15) is 0 Å². The minimum Gasteiger partial charge on any atom is -0.338 e. The molecule has 0 aliphatic carbocycles. The Kier molecular flexibility index (Phi) is 6.46. The van der Waals surface area contributed by atoms with Crippen LogP contribution in [0.25, 0.3) is 0 Å². The summed E-state index contributed by atoms with van der Waals surface area (Å²) in [4.78, 5) is 23.8. The van der Waals surface area contributed by atoms with Crippen molar-refractivity contribution in [1.29, 1.82) is 0 Å². The van der Waals surface area contributed by atoms with E-state index in [0.29, 0.717) is 23.2 Å². The van der Waals surface area contributed by atoms with E-state index in [0.717, 1.165) is 0 Å². The largest absolute Gasteiger partial charge is 0.338 e. The molecular formula is C18H26FN3O4S. The number of halogens is 1. The van der Waals surface area contributed by atoms with Gasteiger partial charge in [-0.05, 0) is 47.9 Å². The molecule has 1 aromatic rings. The Morgan fingerprint density at radius 3 is 2.22 bits per heavy atom. The third-order valence-electron chi connectivity index (χ3n) is 4.45. The maximum absolute atomic E-state index is 14.0. The first-order valence-electron chi connectivity index (χ1n) is 8.96. The molecule has 1 aliphatic heterocycles. The van der Waals surface area contributed by atoms with Crippen LogP contribution < -0.4 is 15.4 Å². The maximum Gasteiger partial charge on any atom is 0.332 e. The molecule has 150 valence electrons. The molecule has 1 heterocycles. The predicted octanol–water partition coefficient (Wildman–Crippen LogP) is 3.15. The zero-order chi connectivity index (χ0) is 20.4. The summed E-state index contributed by atoms with van der Waals surface area (Å²) in [5.41, 5.74) is 1.57. The first-order valence-corrected chi connectivity index (χ1v) is 10.5. The Labute approximate surface area is 159 Å². The van der Waals surface area contributed by atoms with Crippen molar-refractivity contribution in [3.05, 3.63) is 29.1 Å². The summed E-state index contributed by atoms with van der Waals surface area (Å²) in [5, 5.41) is 3.79. The molecule has 0 bridgehead atoms. The van der Waals surface area contributed by atoms with Crippen molar-refractivity contribution < 1.29 is 22.4 Å². The summed E-state index contributed by atoms with van der Waals surface area (Å²) in [5.74, 6) is -0.934. The number of hydrogen-bond acceptors (Lipinski definition) is 4. The summed E-state index contributed by atoms with van der Waals surface area (Å²) in [6, 6.07) is 1.73. The van der Waals surface area contributed by atoms with Gasteiger partial charge in [-0.25, -0.2) is 22.3 Å². The van der Waals surface area contributed by atoms with Gasteiger partial charge in [-0.1, -0.05) is 27.7 Å². The van der Waals surface area contributed by atoms with E-state index in [2.05, 4.69) is 10.6 Å². The van der Waals surface area contributed by atoms with Crippen LogP contribution in [0.15, 0.2) is 12.1 Å². The standard InChI is InChI=1S/C18H26FN3O4S/c1-10(2)13-8-12(19)9-14(11(3)4)17(13)21-18(24)22-27(25,26)16-7-5-6-15(23)20-16/h8-11,16H,5-7H2,1-4H3,(H,20,23)(H2,21,22,24). The van der Waals surface area contributed by atoms with Crippen LogP contribution >= 0.6 is 0 Å². The van der Waals surface area contributed by atoms with Gasteiger partial charge in [0.15, 0.2) is 5.37 Å². The summed E-state index contributed by atoms with van der Waals surface area (Å²) < 4.78 is 40.7. The molecule has 3 amide bonds. The molecule has 3 N–H and O–H groups in total. The maximum atomic E-state index is 14.0. The Balaban J connectivity index is 2.26. The molecule has 0 radical (unpaired) electrons. The molecule has 0 saturated carbocycles. The summed E-state index contributed by atoms with van der Waals surface area (Å²) in [7, 11) is -4.08. The molecule has 1 unspecified atom stereocenters. The van der Waals surface area contributed by atoms with E-state index in [-0.39, 0.29) is 30.6 Å². The second-order valence-corrected chi connectivity index (χ2v) is 9.18. The second kappa shape index (κ2) is 8.24. The number of carbonyl (C=O) groups excluding carboxylic acids is 2. The second-order valence-electron chi connectivity index (χ2n) is 7.32. The third kappa shape index (κ3) is 5.18. The van der Waals surface area contributed by atoms with Crippen LogP contribution in [0, 0.1) is 5.82 Å². The lowest BCUT2D eigenvalue weighted by Gasteiger charge is -2.24. The molecule has 1 fully saturated rings. The van der Waals surface area contributed by atoms with E-state index in [1.54, 1.807) is 0 Å². The van der Waals surface area contributed by atoms with Crippen LogP contribution in [0.4, 0.5) is 14.9 Å². The molecule has 27 heavy (non-hydrogen) atoms.